The highest BCUT2D eigenvalue weighted by Gasteiger charge is 2.07. The molecular weight excluding hydrogens is 341 g/mol. The Morgan fingerprint density at radius 1 is 1.00 bits per heavy atom. The number of pyridine rings is 1. The summed E-state index contributed by atoms with van der Waals surface area (Å²) in [5, 5.41) is 6.12. The summed E-state index contributed by atoms with van der Waals surface area (Å²) in [5.74, 6) is 0.241. The number of benzene rings is 2. The number of hydrogen-bond acceptors (Lipinski definition) is 3. The monoisotopic (exact) mass is 363 g/mol. The van der Waals surface area contributed by atoms with Crippen LogP contribution in [0.3, 0.4) is 0 Å². The van der Waals surface area contributed by atoms with Crippen molar-refractivity contribution in [2.45, 2.75) is 19.9 Å². The zero-order valence-electron chi connectivity index (χ0n) is 15.2. The number of rotatable bonds is 7. The lowest BCUT2D eigenvalue weighted by atomic mass is 10.1. The number of amides is 1. The molecule has 0 saturated carbocycles. The Labute approximate surface area is 158 Å². The predicted molar refractivity (Wildman–Crippen MR) is 105 cm³/mol. The maximum atomic E-state index is 12.9. The molecule has 0 radical (unpaired) electrons. The summed E-state index contributed by atoms with van der Waals surface area (Å²) < 4.78 is 12.9. The summed E-state index contributed by atoms with van der Waals surface area (Å²) in [6.07, 6.45) is 2.27. The van der Waals surface area contributed by atoms with Gasteiger partial charge in [-0.1, -0.05) is 42.0 Å². The zero-order valence-corrected chi connectivity index (χ0v) is 15.2. The zero-order chi connectivity index (χ0) is 19.1. The number of halogens is 1. The van der Waals surface area contributed by atoms with Crippen molar-refractivity contribution in [3.63, 3.8) is 0 Å². The summed E-state index contributed by atoms with van der Waals surface area (Å²) in [6.45, 7) is 3.18. The number of aromatic nitrogens is 1. The maximum absolute atomic E-state index is 12.9. The summed E-state index contributed by atoms with van der Waals surface area (Å²) in [7, 11) is 0. The van der Waals surface area contributed by atoms with Crippen LogP contribution in [0.4, 0.5) is 10.2 Å². The van der Waals surface area contributed by atoms with E-state index in [0.717, 1.165) is 11.1 Å². The SMILES string of the molecule is Cc1ccc(CNc2cc(C(=O)NCCc3ccc(F)cc3)ccn2)cc1. The Balaban J connectivity index is 1.51. The van der Waals surface area contributed by atoms with E-state index in [2.05, 4.69) is 46.8 Å². The van der Waals surface area contributed by atoms with Crippen LogP contribution in [-0.4, -0.2) is 17.4 Å². The molecule has 0 saturated heterocycles. The molecule has 4 nitrogen and oxygen atoms in total. The van der Waals surface area contributed by atoms with E-state index in [0.29, 0.717) is 30.9 Å². The van der Waals surface area contributed by atoms with Crippen LogP contribution in [0.25, 0.3) is 0 Å². The van der Waals surface area contributed by atoms with Crippen molar-refractivity contribution in [3.8, 4) is 0 Å². The lowest BCUT2D eigenvalue weighted by molar-refractivity contribution is 0.0954. The molecule has 0 bridgehead atoms. The van der Waals surface area contributed by atoms with E-state index in [4.69, 9.17) is 0 Å². The van der Waals surface area contributed by atoms with E-state index < -0.39 is 0 Å². The maximum Gasteiger partial charge on any atom is 0.251 e. The fourth-order valence-electron chi connectivity index (χ4n) is 2.64. The van der Waals surface area contributed by atoms with Crippen molar-refractivity contribution < 1.29 is 9.18 Å². The third-order valence-corrected chi connectivity index (χ3v) is 4.23. The lowest BCUT2D eigenvalue weighted by Gasteiger charge is -2.09. The van der Waals surface area contributed by atoms with E-state index in [9.17, 15) is 9.18 Å². The largest absolute Gasteiger partial charge is 0.366 e. The normalized spacial score (nSPS) is 10.4. The number of carbonyl (C=O) groups excluding carboxylic acids is 1. The minimum absolute atomic E-state index is 0.155. The molecule has 3 aromatic rings. The van der Waals surface area contributed by atoms with Gasteiger partial charge in [-0.2, -0.15) is 0 Å². The van der Waals surface area contributed by atoms with Gasteiger partial charge in [-0.05, 0) is 48.7 Å². The summed E-state index contributed by atoms with van der Waals surface area (Å²) in [4.78, 5) is 16.6. The van der Waals surface area contributed by atoms with E-state index in [1.165, 1.54) is 17.7 Å². The molecule has 27 heavy (non-hydrogen) atoms. The third-order valence-electron chi connectivity index (χ3n) is 4.23. The van der Waals surface area contributed by atoms with Gasteiger partial charge in [0.1, 0.15) is 11.6 Å². The Bertz CT molecular complexity index is 892. The Hall–Kier alpha value is -3.21. The first-order valence-electron chi connectivity index (χ1n) is 8.88. The van der Waals surface area contributed by atoms with Gasteiger partial charge in [-0.3, -0.25) is 4.79 Å². The van der Waals surface area contributed by atoms with E-state index in [1.54, 1.807) is 30.5 Å². The van der Waals surface area contributed by atoms with Gasteiger partial charge >= 0.3 is 0 Å². The van der Waals surface area contributed by atoms with Crippen LogP contribution >= 0.6 is 0 Å². The van der Waals surface area contributed by atoms with Crippen LogP contribution in [0, 0.1) is 12.7 Å². The van der Waals surface area contributed by atoms with Crippen molar-refractivity contribution in [2.24, 2.45) is 0 Å². The minimum Gasteiger partial charge on any atom is -0.366 e. The standard InChI is InChI=1S/C22H22FN3O/c1-16-2-4-18(5-3-16)15-26-21-14-19(11-13-24-21)22(27)25-12-10-17-6-8-20(23)9-7-17/h2-9,11,13-14H,10,12,15H2,1H3,(H,24,26)(H,25,27). The molecule has 3 rings (SSSR count). The van der Waals surface area contributed by atoms with Crippen molar-refractivity contribution in [1.82, 2.24) is 10.3 Å². The number of hydrogen-bond donors (Lipinski definition) is 2. The van der Waals surface area contributed by atoms with Gasteiger partial charge in [-0.15, -0.1) is 0 Å². The van der Waals surface area contributed by atoms with Crippen LogP contribution in [-0.2, 0) is 13.0 Å². The molecule has 0 aliphatic heterocycles. The molecule has 0 aliphatic rings. The highest BCUT2D eigenvalue weighted by molar-refractivity contribution is 5.94. The topological polar surface area (TPSA) is 54.0 Å². The first-order valence-corrected chi connectivity index (χ1v) is 8.88. The Morgan fingerprint density at radius 2 is 1.70 bits per heavy atom. The van der Waals surface area contributed by atoms with Crippen molar-refractivity contribution in [2.75, 3.05) is 11.9 Å². The first-order chi connectivity index (χ1) is 13.1. The van der Waals surface area contributed by atoms with Crippen LogP contribution in [0.15, 0.2) is 66.9 Å². The molecule has 0 unspecified atom stereocenters. The summed E-state index contributed by atoms with van der Waals surface area (Å²) >= 11 is 0. The van der Waals surface area contributed by atoms with Gasteiger partial charge in [0.05, 0.1) is 0 Å². The third kappa shape index (κ3) is 5.64. The van der Waals surface area contributed by atoms with Crippen LogP contribution < -0.4 is 10.6 Å². The second-order valence-corrected chi connectivity index (χ2v) is 6.40. The van der Waals surface area contributed by atoms with Crippen molar-refractivity contribution in [3.05, 3.63) is 94.9 Å². The van der Waals surface area contributed by atoms with Crippen LogP contribution in [0.1, 0.15) is 27.0 Å². The molecular formula is C22H22FN3O. The lowest BCUT2D eigenvalue weighted by Crippen LogP contribution is -2.25. The van der Waals surface area contributed by atoms with Gasteiger partial charge in [-0.25, -0.2) is 9.37 Å². The molecule has 138 valence electrons. The molecule has 2 N–H and O–H groups in total. The van der Waals surface area contributed by atoms with Gasteiger partial charge in [0.25, 0.3) is 5.91 Å². The highest BCUT2D eigenvalue weighted by Crippen LogP contribution is 2.10. The number of aryl methyl sites for hydroxylation is 1. The fraction of sp³-hybridized carbons (Fsp3) is 0.182. The van der Waals surface area contributed by atoms with E-state index in [-0.39, 0.29) is 11.7 Å². The fourth-order valence-corrected chi connectivity index (χ4v) is 2.64. The molecule has 1 aromatic heterocycles. The first kappa shape index (κ1) is 18.6. The Morgan fingerprint density at radius 3 is 2.44 bits per heavy atom. The second kappa shape index (κ2) is 8.94. The molecule has 5 heteroatoms. The average molecular weight is 363 g/mol. The van der Waals surface area contributed by atoms with Crippen LogP contribution in [0.5, 0.6) is 0 Å². The molecule has 0 aliphatic carbocycles. The van der Waals surface area contributed by atoms with Gasteiger partial charge in [0.15, 0.2) is 0 Å². The average Bonchev–Trinajstić information content (AvgIpc) is 2.69. The molecule has 0 atom stereocenters. The minimum atomic E-state index is -0.259. The highest BCUT2D eigenvalue weighted by atomic mass is 19.1. The molecule has 1 heterocycles. The summed E-state index contributed by atoms with van der Waals surface area (Å²) in [6, 6.07) is 18.0. The molecule has 0 fully saturated rings. The molecule has 0 spiro atoms. The predicted octanol–water partition coefficient (Wildman–Crippen LogP) is 4.11. The smallest absolute Gasteiger partial charge is 0.251 e. The Kier molecular flexibility index (Phi) is 6.15. The van der Waals surface area contributed by atoms with Crippen molar-refractivity contribution in [1.29, 1.82) is 0 Å². The summed E-state index contributed by atoms with van der Waals surface area (Å²) in [5.41, 5.74) is 3.90. The molecule has 1 amide bonds. The quantitative estimate of drug-likeness (QED) is 0.664. The number of nitrogens with one attached hydrogen (secondary N) is 2. The number of nitrogens with zero attached hydrogens (tertiary/aromatic N) is 1. The van der Waals surface area contributed by atoms with Crippen LogP contribution in [0.2, 0.25) is 0 Å². The van der Waals surface area contributed by atoms with Gasteiger partial charge < -0.3 is 10.6 Å². The molecule has 2 aromatic carbocycles. The van der Waals surface area contributed by atoms with E-state index in [1.807, 2.05) is 0 Å². The van der Waals surface area contributed by atoms with E-state index >= 15 is 0 Å². The number of carbonyl (C=O) groups is 1. The second-order valence-electron chi connectivity index (χ2n) is 6.40. The van der Waals surface area contributed by atoms with Gasteiger partial charge in [0.2, 0.25) is 0 Å². The van der Waals surface area contributed by atoms with Gasteiger partial charge in [0, 0.05) is 24.8 Å². The van der Waals surface area contributed by atoms with Crippen molar-refractivity contribution >= 4 is 11.7 Å². The number of anilines is 1.